The van der Waals surface area contributed by atoms with Crippen LogP contribution in [0, 0.1) is 5.92 Å². The highest BCUT2D eigenvalue weighted by molar-refractivity contribution is 6.01. The summed E-state index contributed by atoms with van der Waals surface area (Å²) in [7, 11) is 1.89. The van der Waals surface area contributed by atoms with Crippen LogP contribution in [0.5, 0.6) is 0 Å². The number of hydrogen-bond donors (Lipinski definition) is 1. The fourth-order valence-electron chi connectivity index (χ4n) is 2.92. The third-order valence-electron chi connectivity index (χ3n) is 5.15. The number of nitrogens with zero attached hydrogens (tertiary/aromatic N) is 1. The third-order valence-corrected chi connectivity index (χ3v) is 5.15. The van der Waals surface area contributed by atoms with E-state index in [0.717, 1.165) is 0 Å². The number of carbonyl (C=O) groups is 3. The molecule has 7 heteroatoms. The van der Waals surface area contributed by atoms with E-state index >= 15 is 0 Å². The van der Waals surface area contributed by atoms with Crippen LogP contribution in [0.15, 0.2) is 23.3 Å². The second kappa shape index (κ2) is 8.14. The Morgan fingerprint density at radius 2 is 2.04 bits per heavy atom. The lowest BCUT2D eigenvalue weighted by molar-refractivity contribution is -0.169. The number of hydrogen-bond acceptors (Lipinski definition) is 7. The molecule has 2 bridgehead atoms. The molecule has 0 spiro atoms. The van der Waals surface area contributed by atoms with Crippen molar-refractivity contribution in [2.45, 2.75) is 45.3 Å². The predicted octanol–water partition coefficient (Wildman–Crippen LogP) is 1.01. The van der Waals surface area contributed by atoms with Crippen LogP contribution in [-0.2, 0) is 23.9 Å². The van der Waals surface area contributed by atoms with Crippen molar-refractivity contribution < 1.29 is 29.0 Å². The van der Waals surface area contributed by atoms with E-state index in [0.29, 0.717) is 25.1 Å². The summed E-state index contributed by atoms with van der Waals surface area (Å²) in [6.45, 7) is 5.58. The fourth-order valence-corrected chi connectivity index (χ4v) is 2.92. The zero-order valence-corrected chi connectivity index (χ0v) is 15.8. The lowest BCUT2D eigenvalue weighted by Crippen LogP contribution is -2.45. The number of ether oxygens (including phenoxy) is 2. The van der Waals surface area contributed by atoms with Crippen LogP contribution in [0.3, 0.4) is 0 Å². The molecule has 0 unspecified atom stereocenters. The lowest BCUT2D eigenvalue weighted by atomic mass is 9.85. The molecule has 7 nitrogen and oxygen atoms in total. The zero-order valence-electron chi connectivity index (χ0n) is 15.8. The quantitative estimate of drug-likeness (QED) is 0.506. The number of rotatable bonds is 0. The Morgan fingerprint density at radius 3 is 2.69 bits per heavy atom. The number of aliphatic hydroxyl groups is 1. The van der Waals surface area contributed by atoms with Crippen molar-refractivity contribution in [3.8, 4) is 0 Å². The number of allylic oxidation sites excluding steroid dienone is 1. The second-order valence-electron chi connectivity index (χ2n) is 7.18. The molecule has 144 valence electrons. The van der Waals surface area contributed by atoms with Gasteiger partial charge in [0.15, 0.2) is 11.7 Å². The normalized spacial score (nSPS) is 34.0. The monoisotopic (exact) mass is 365 g/mol. The Labute approximate surface area is 153 Å². The Balaban J connectivity index is 2.42. The van der Waals surface area contributed by atoms with Crippen LogP contribution < -0.4 is 0 Å². The number of esters is 2. The van der Waals surface area contributed by atoms with Gasteiger partial charge < -0.3 is 19.5 Å². The SMILES string of the molecule is C/C=C1/C[C@H](C)[C@@](C)(O)C(=O)OCC2=CCN(C)CC[C@@H](OC1=O)C2=O. The average Bonchev–Trinajstić information content (AvgIpc) is 2.59. The van der Waals surface area contributed by atoms with Gasteiger partial charge in [0.1, 0.15) is 6.61 Å². The van der Waals surface area contributed by atoms with Gasteiger partial charge in [0.25, 0.3) is 0 Å². The molecule has 0 aliphatic carbocycles. The van der Waals surface area contributed by atoms with E-state index in [9.17, 15) is 19.5 Å². The number of likely N-dealkylation sites (N-methyl/N-ethyl adjacent to an activating group) is 1. The number of carbonyl (C=O) groups excluding carboxylic acids is 3. The summed E-state index contributed by atoms with van der Waals surface area (Å²) in [5.74, 6) is -2.32. The maximum absolute atomic E-state index is 12.8. The maximum atomic E-state index is 12.8. The van der Waals surface area contributed by atoms with Gasteiger partial charge in [-0.25, -0.2) is 9.59 Å². The van der Waals surface area contributed by atoms with E-state index in [1.807, 2.05) is 11.9 Å². The van der Waals surface area contributed by atoms with E-state index in [2.05, 4.69) is 0 Å². The Bertz CT molecular complexity index is 648. The summed E-state index contributed by atoms with van der Waals surface area (Å²) >= 11 is 0. The number of cyclic esters (lactones) is 1. The molecule has 2 heterocycles. The van der Waals surface area contributed by atoms with Crippen molar-refractivity contribution >= 4 is 17.7 Å². The zero-order chi connectivity index (χ0) is 19.5. The van der Waals surface area contributed by atoms with Crippen molar-refractivity contribution in [2.75, 3.05) is 26.7 Å². The van der Waals surface area contributed by atoms with E-state index in [1.165, 1.54) is 6.92 Å². The Morgan fingerprint density at radius 1 is 1.35 bits per heavy atom. The van der Waals surface area contributed by atoms with Gasteiger partial charge in [0.2, 0.25) is 5.78 Å². The highest BCUT2D eigenvalue weighted by Crippen LogP contribution is 2.27. The van der Waals surface area contributed by atoms with Crippen LogP contribution in [0.4, 0.5) is 0 Å². The molecule has 26 heavy (non-hydrogen) atoms. The van der Waals surface area contributed by atoms with Crippen LogP contribution in [0.1, 0.15) is 33.6 Å². The minimum atomic E-state index is -1.78. The van der Waals surface area contributed by atoms with Crippen LogP contribution >= 0.6 is 0 Å². The molecule has 0 saturated carbocycles. The summed E-state index contributed by atoms with van der Waals surface area (Å²) in [5.41, 5.74) is -1.19. The van der Waals surface area contributed by atoms with E-state index < -0.39 is 29.6 Å². The van der Waals surface area contributed by atoms with Crippen molar-refractivity contribution in [2.24, 2.45) is 5.92 Å². The smallest absolute Gasteiger partial charge is 0.338 e. The fraction of sp³-hybridized carbons (Fsp3) is 0.632. The van der Waals surface area contributed by atoms with Crippen molar-refractivity contribution in [1.82, 2.24) is 4.90 Å². The summed E-state index contributed by atoms with van der Waals surface area (Å²) in [6.07, 6.45) is 2.86. The standard InChI is InChI=1S/C19H27NO6/c1-5-13-10-12(2)19(3,24)18(23)25-11-14-6-8-20(4)9-7-15(16(14)21)26-17(13)22/h5-6,12,15,24H,7-11H2,1-4H3/b13-5-,14-6?/t12-,15+,19+/m0/s1. The van der Waals surface area contributed by atoms with Crippen molar-refractivity contribution in [3.05, 3.63) is 23.3 Å². The van der Waals surface area contributed by atoms with Crippen LogP contribution in [-0.4, -0.2) is 66.2 Å². The largest absolute Gasteiger partial charge is 0.459 e. The number of Topliss-reactive ketones (excluding diaryl/α,β-unsaturated/α-hetero) is 1. The third kappa shape index (κ3) is 4.40. The van der Waals surface area contributed by atoms with Crippen molar-refractivity contribution in [1.29, 1.82) is 0 Å². The highest BCUT2D eigenvalue weighted by Gasteiger charge is 2.40. The Hall–Kier alpha value is -1.99. The molecule has 2 rings (SSSR count). The topological polar surface area (TPSA) is 93.1 Å². The van der Waals surface area contributed by atoms with Gasteiger partial charge in [-0.3, -0.25) is 4.79 Å². The lowest BCUT2D eigenvalue weighted by Gasteiger charge is -2.31. The molecule has 0 aromatic heterocycles. The summed E-state index contributed by atoms with van der Waals surface area (Å²) < 4.78 is 10.7. The molecule has 1 fully saturated rings. The molecular weight excluding hydrogens is 338 g/mol. The van der Waals surface area contributed by atoms with Gasteiger partial charge in [0, 0.05) is 30.7 Å². The first kappa shape index (κ1) is 20.3. The second-order valence-corrected chi connectivity index (χ2v) is 7.18. The molecule has 3 atom stereocenters. The molecule has 1 saturated heterocycles. The van der Waals surface area contributed by atoms with E-state index in [4.69, 9.17) is 9.47 Å². The predicted molar refractivity (Wildman–Crippen MR) is 94.2 cm³/mol. The van der Waals surface area contributed by atoms with E-state index in [-0.39, 0.29) is 24.4 Å². The van der Waals surface area contributed by atoms with Crippen LogP contribution in [0.25, 0.3) is 0 Å². The molecule has 0 radical (unpaired) electrons. The molecule has 0 amide bonds. The molecule has 2 aliphatic heterocycles. The van der Waals surface area contributed by atoms with Crippen LogP contribution in [0.2, 0.25) is 0 Å². The molecule has 0 aromatic rings. The highest BCUT2D eigenvalue weighted by atomic mass is 16.6. The summed E-state index contributed by atoms with van der Waals surface area (Å²) in [5, 5.41) is 10.6. The van der Waals surface area contributed by atoms with Gasteiger partial charge in [-0.2, -0.15) is 0 Å². The Kier molecular flexibility index (Phi) is 6.36. The minimum Gasteiger partial charge on any atom is -0.459 e. The molecular formula is C19H27NO6. The van der Waals surface area contributed by atoms with Crippen molar-refractivity contribution in [3.63, 3.8) is 0 Å². The van der Waals surface area contributed by atoms with Gasteiger partial charge in [-0.15, -0.1) is 0 Å². The minimum absolute atomic E-state index is 0.140. The maximum Gasteiger partial charge on any atom is 0.338 e. The number of fused-ring (bicyclic) bond motifs is 2. The van der Waals surface area contributed by atoms with E-state index in [1.54, 1.807) is 26.0 Å². The summed E-state index contributed by atoms with van der Waals surface area (Å²) in [4.78, 5) is 39.7. The first-order valence-corrected chi connectivity index (χ1v) is 8.84. The molecule has 1 N–H and O–H groups in total. The van der Waals surface area contributed by atoms with Gasteiger partial charge in [-0.1, -0.05) is 19.1 Å². The first-order valence-electron chi connectivity index (χ1n) is 8.84. The first-order chi connectivity index (χ1) is 12.2. The number of ketones is 1. The van der Waals surface area contributed by atoms with Gasteiger partial charge in [-0.05, 0) is 33.2 Å². The molecule has 0 aromatic carbocycles. The van der Waals surface area contributed by atoms with Gasteiger partial charge >= 0.3 is 11.9 Å². The molecule has 2 aliphatic rings. The van der Waals surface area contributed by atoms with Gasteiger partial charge in [0.05, 0.1) is 0 Å². The average molecular weight is 365 g/mol. The summed E-state index contributed by atoms with van der Waals surface area (Å²) in [6, 6.07) is 0.